The van der Waals surface area contributed by atoms with Gasteiger partial charge in [0.1, 0.15) is 5.82 Å². The molecule has 0 unspecified atom stereocenters. The van der Waals surface area contributed by atoms with Crippen molar-refractivity contribution >= 4 is 10.1 Å². The van der Waals surface area contributed by atoms with Crippen LogP contribution in [0.25, 0.3) is 0 Å². The van der Waals surface area contributed by atoms with Crippen molar-refractivity contribution in [1.82, 2.24) is 14.3 Å². The SMILES string of the molecule is Cc1ccc(S(=O)(=O)OCCn2nc3n(c2=O)CCCCC3)cc1. The zero-order valence-corrected chi connectivity index (χ0v) is 14.5. The lowest BCUT2D eigenvalue weighted by Gasteiger charge is -2.05. The van der Waals surface area contributed by atoms with Crippen LogP contribution in [0.15, 0.2) is 34.0 Å². The first-order chi connectivity index (χ1) is 11.5. The number of nitrogens with zero attached hydrogens (tertiary/aromatic N) is 3. The summed E-state index contributed by atoms with van der Waals surface area (Å²) in [4.78, 5) is 12.4. The van der Waals surface area contributed by atoms with Crippen molar-refractivity contribution in [2.24, 2.45) is 0 Å². The summed E-state index contributed by atoms with van der Waals surface area (Å²) in [5.41, 5.74) is 0.781. The fraction of sp³-hybridized carbons (Fsp3) is 0.500. The summed E-state index contributed by atoms with van der Waals surface area (Å²) in [6, 6.07) is 6.45. The minimum atomic E-state index is -3.82. The highest BCUT2D eigenvalue weighted by atomic mass is 32.2. The van der Waals surface area contributed by atoms with Gasteiger partial charge in [-0.2, -0.15) is 13.5 Å². The van der Waals surface area contributed by atoms with E-state index in [1.807, 2.05) is 6.92 Å². The molecule has 0 spiro atoms. The number of aromatic nitrogens is 3. The molecule has 0 aliphatic carbocycles. The van der Waals surface area contributed by atoms with Crippen LogP contribution in [-0.2, 0) is 33.8 Å². The van der Waals surface area contributed by atoms with Crippen molar-refractivity contribution in [3.63, 3.8) is 0 Å². The molecule has 1 aliphatic rings. The lowest BCUT2D eigenvalue weighted by molar-refractivity contribution is 0.291. The van der Waals surface area contributed by atoms with Crippen LogP contribution in [0.5, 0.6) is 0 Å². The Balaban J connectivity index is 1.66. The van der Waals surface area contributed by atoms with Crippen molar-refractivity contribution in [3.8, 4) is 0 Å². The zero-order chi connectivity index (χ0) is 17.2. The molecule has 130 valence electrons. The highest BCUT2D eigenvalue weighted by molar-refractivity contribution is 7.86. The van der Waals surface area contributed by atoms with E-state index < -0.39 is 10.1 Å². The Morgan fingerprint density at radius 1 is 1.17 bits per heavy atom. The monoisotopic (exact) mass is 351 g/mol. The molecule has 8 heteroatoms. The number of hydrogen-bond donors (Lipinski definition) is 0. The van der Waals surface area contributed by atoms with Crippen molar-refractivity contribution in [2.75, 3.05) is 6.61 Å². The number of rotatable bonds is 5. The van der Waals surface area contributed by atoms with E-state index in [1.54, 1.807) is 16.7 Å². The van der Waals surface area contributed by atoms with Crippen LogP contribution >= 0.6 is 0 Å². The van der Waals surface area contributed by atoms with E-state index in [2.05, 4.69) is 5.10 Å². The van der Waals surface area contributed by atoms with Gasteiger partial charge in [-0.05, 0) is 31.9 Å². The Labute approximate surface area is 141 Å². The van der Waals surface area contributed by atoms with E-state index in [1.165, 1.54) is 16.8 Å². The van der Waals surface area contributed by atoms with Crippen LogP contribution in [0.4, 0.5) is 0 Å². The summed E-state index contributed by atoms with van der Waals surface area (Å²) in [5, 5.41) is 4.31. The minimum Gasteiger partial charge on any atom is -0.279 e. The quantitative estimate of drug-likeness (QED) is 0.762. The highest BCUT2D eigenvalue weighted by Crippen LogP contribution is 2.13. The maximum atomic E-state index is 12.3. The van der Waals surface area contributed by atoms with Gasteiger partial charge in [-0.15, -0.1) is 0 Å². The fourth-order valence-corrected chi connectivity index (χ4v) is 3.68. The van der Waals surface area contributed by atoms with Crippen molar-refractivity contribution in [1.29, 1.82) is 0 Å². The van der Waals surface area contributed by atoms with Gasteiger partial charge >= 0.3 is 5.69 Å². The Hall–Kier alpha value is -1.93. The summed E-state index contributed by atoms with van der Waals surface area (Å²) >= 11 is 0. The number of aryl methyl sites for hydroxylation is 2. The van der Waals surface area contributed by atoms with E-state index in [0.29, 0.717) is 6.54 Å². The predicted octanol–water partition coefficient (Wildman–Crippen LogP) is 1.49. The molecule has 2 heterocycles. The topological polar surface area (TPSA) is 83.2 Å². The molecule has 0 amide bonds. The molecule has 0 radical (unpaired) electrons. The molecule has 0 N–H and O–H groups in total. The molecule has 0 saturated heterocycles. The highest BCUT2D eigenvalue weighted by Gasteiger charge is 2.18. The standard InChI is InChI=1S/C16H21N3O4S/c1-13-6-8-14(9-7-13)24(21,22)23-12-11-19-16(20)18-10-4-2-3-5-15(18)17-19/h6-9H,2-5,10-12H2,1H3. The summed E-state index contributed by atoms with van der Waals surface area (Å²) in [6.07, 6.45) is 3.87. The number of benzene rings is 1. The Morgan fingerprint density at radius 2 is 1.92 bits per heavy atom. The van der Waals surface area contributed by atoms with E-state index >= 15 is 0 Å². The first-order valence-electron chi connectivity index (χ1n) is 8.10. The molecule has 2 aromatic rings. The molecule has 0 bridgehead atoms. The Bertz CT molecular complexity index is 866. The third kappa shape index (κ3) is 3.59. The minimum absolute atomic E-state index is 0.112. The molecule has 0 fully saturated rings. The second-order valence-corrected chi connectivity index (χ2v) is 7.59. The smallest absolute Gasteiger partial charge is 0.279 e. The Morgan fingerprint density at radius 3 is 2.67 bits per heavy atom. The van der Waals surface area contributed by atoms with Gasteiger partial charge in [0.2, 0.25) is 0 Å². The maximum absolute atomic E-state index is 12.3. The van der Waals surface area contributed by atoms with E-state index in [9.17, 15) is 13.2 Å². The average Bonchev–Trinajstić information content (AvgIpc) is 2.73. The second kappa shape index (κ2) is 6.90. The van der Waals surface area contributed by atoms with Gasteiger partial charge < -0.3 is 0 Å². The van der Waals surface area contributed by atoms with Crippen molar-refractivity contribution < 1.29 is 12.6 Å². The predicted molar refractivity (Wildman–Crippen MR) is 88.4 cm³/mol. The van der Waals surface area contributed by atoms with Gasteiger partial charge in [0, 0.05) is 13.0 Å². The van der Waals surface area contributed by atoms with Crippen molar-refractivity contribution in [2.45, 2.75) is 50.6 Å². The van der Waals surface area contributed by atoms with Gasteiger partial charge in [0.05, 0.1) is 18.0 Å². The lowest BCUT2D eigenvalue weighted by Crippen LogP contribution is -2.27. The zero-order valence-electron chi connectivity index (χ0n) is 13.6. The molecule has 24 heavy (non-hydrogen) atoms. The molecular formula is C16H21N3O4S. The molecule has 1 aromatic heterocycles. The van der Waals surface area contributed by atoms with E-state index in [0.717, 1.165) is 37.1 Å². The third-order valence-corrected chi connectivity index (χ3v) is 5.46. The maximum Gasteiger partial charge on any atom is 0.345 e. The van der Waals surface area contributed by atoms with Gasteiger partial charge in [-0.25, -0.2) is 9.48 Å². The van der Waals surface area contributed by atoms with Gasteiger partial charge in [-0.1, -0.05) is 24.1 Å². The van der Waals surface area contributed by atoms with Crippen LogP contribution in [0.3, 0.4) is 0 Å². The second-order valence-electron chi connectivity index (χ2n) is 5.97. The average molecular weight is 351 g/mol. The van der Waals surface area contributed by atoms with Crippen LogP contribution in [-0.4, -0.2) is 29.4 Å². The van der Waals surface area contributed by atoms with Crippen LogP contribution in [0.1, 0.15) is 30.7 Å². The van der Waals surface area contributed by atoms with Gasteiger partial charge in [0.15, 0.2) is 0 Å². The molecule has 7 nitrogen and oxygen atoms in total. The number of fused-ring (bicyclic) bond motifs is 1. The van der Waals surface area contributed by atoms with E-state index in [4.69, 9.17) is 4.18 Å². The fourth-order valence-electron chi connectivity index (χ4n) is 2.78. The summed E-state index contributed by atoms with van der Waals surface area (Å²) in [7, 11) is -3.82. The van der Waals surface area contributed by atoms with Gasteiger partial charge in [0.25, 0.3) is 10.1 Å². The molecule has 1 aliphatic heterocycles. The first-order valence-corrected chi connectivity index (χ1v) is 9.51. The molecule has 3 rings (SSSR count). The van der Waals surface area contributed by atoms with Gasteiger partial charge in [-0.3, -0.25) is 8.75 Å². The summed E-state index contributed by atoms with van der Waals surface area (Å²) in [5.74, 6) is 0.777. The number of hydrogen-bond acceptors (Lipinski definition) is 5. The molecule has 1 aromatic carbocycles. The van der Waals surface area contributed by atoms with Crippen LogP contribution < -0.4 is 5.69 Å². The summed E-state index contributed by atoms with van der Waals surface area (Å²) < 4.78 is 32.3. The summed E-state index contributed by atoms with van der Waals surface area (Å²) in [6.45, 7) is 2.56. The van der Waals surface area contributed by atoms with E-state index in [-0.39, 0.29) is 23.7 Å². The first kappa shape index (κ1) is 16.9. The third-order valence-electron chi connectivity index (χ3n) is 4.13. The molecule has 0 saturated carbocycles. The lowest BCUT2D eigenvalue weighted by atomic mass is 10.2. The van der Waals surface area contributed by atoms with Crippen molar-refractivity contribution in [3.05, 3.63) is 46.1 Å². The van der Waals surface area contributed by atoms with Crippen LogP contribution in [0.2, 0.25) is 0 Å². The van der Waals surface area contributed by atoms with Crippen LogP contribution in [0, 0.1) is 6.92 Å². The largest absolute Gasteiger partial charge is 0.345 e. The Kier molecular flexibility index (Phi) is 4.86. The molecule has 0 atom stereocenters. The molecular weight excluding hydrogens is 330 g/mol. The normalized spacial score (nSPS) is 15.0.